The molecule has 0 unspecified atom stereocenters. The van der Waals surface area contributed by atoms with Crippen LogP contribution >= 0.6 is 0 Å². The van der Waals surface area contributed by atoms with Gasteiger partial charge in [0.05, 0.1) is 0 Å². The first kappa shape index (κ1) is 17.1. The lowest BCUT2D eigenvalue weighted by atomic mass is 9.92. The number of phenolic OH excluding ortho intramolecular Hbond substituents is 1. The van der Waals surface area contributed by atoms with Crippen LogP contribution in [0.1, 0.15) is 22.3 Å². The van der Waals surface area contributed by atoms with Crippen molar-refractivity contribution in [2.75, 3.05) is 0 Å². The van der Waals surface area contributed by atoms with E-state index in [0.29, 0.717) is 5.75 Å². The third kappa shape index (κ3) is 4.09. The normalized spacial score (nSPS) is 10.7. The van der Waals surface area contributed by atoms with E-state index in [1.54, 1.807) is 0 Å². The van der Waals surface area contributed by atoms with E-state index in [2.05, 4.69) is 60.7 Å². The smallest absolute Gasteiger partial charge is 0.122 e. The second-order valence-corrected chi connectivity index (χ2v) is 6.83. The van der Waals surface area contributed by atoms with E-state index in [1.165, 1.54) is 16.7 Å². The number of benzene rings is 4. The molecule has 0 spiro atoms. The van der Waals surface area contributed by atoms with Gasteiger partial charge >= 0.3 is 0 Å². The predicted octanol–water partition coefficient (Wildman–Crippen LogP) is 6.24. The fourth-order valence-electron chi connectivity index (χ4n) is 3.46. The molecule has 0 heterocycles. The van der Waals surface area contributed by atoms with Crippen LogP contribution in [-0.4, -0.2) is 5.11 Å². The number of rotatable bonds is 5. The topological polar surface area (TPSA) is 20.2 Å². The molecule has 4 aromatic carbocycles. The van der Waals surface area contributed by atoms with E-state index in [1.807, 2.05) is 42.5 Å². The molecule has 1 nitrogen and oxygen atoms in total. The summed E-state index contributed by atoms with van der Waals surface area (Å²) in [5, 5.41) is 11.0. The summed E-state index contributed by atoms with van der Waals surface area (Å²) in [5.74, 6) is 0.405. The summed E-state index contributed by atoms with van der Waals surface area (Å²) < 4.78 is 0. The summed E-state index contributed by atoms with van der Waals surface area (Å²) in [7, 11) is 0. The number of phenols is 1. The maximum Gasteiger partial charge on any atom is 0.122 e. The summed E-state index contributed by atoms with van der Waals surface area (Å²) in [6, 6.07) is 35.2. The Kier molecular flexibility index (Phi) is 5.02. The van der Waals surface area contributed by atoms with E-state index in [0.717, 1.165) is 29.5 Å². The van der Waals surface area contributed by atoms with Crippen molar-refractivity contribution in [3.8, 4) is 16.9 Å². The molecule has 4 rings (SSSR count). The molecule has 0 aromatic heterocycles. The first-order chi connectivity index (χ1) is 13.3. The van der Waals surface area contributed by atoms with Crippen molar-refractivity contribution in [1.29, 1.82) is 0 Å². The Balaban J connectivity index is 1.78. The molecule has 0 radical (unpaired) electrons. The maximum absolute atomic E-state index is 11.0. The molecule has 0 aliphatic carbocycles. The number of aromatic hydroxyl groups is 1. The Morgan fingerprint density at radius 3 is 1.33 bits per heavy atom. The van der Waals surface area contributed by atoms with E-state index >= 15 is 0 Å². The highest BCUT2D eigenvalue weighted by Crippen LogP contribution is 2.33. The molecule has 0 aliphatic heterocycles. The van der Waals surface area contributed by atoms with Gasteiger partial charge in [0, 0.05) is 12.8 Å². The molecule has 0 aliphatic rings. The Morgan fingerprint density at radius 1 is 0.481 bits per heavy atom. The fraction of sp³-hybridized carbons (Fsp3) is 0.0769. The van der Waals surface area contributed by atoms with Gasteiger partial charge in [0.15, 0.2) is 0 Å². The average molecular weight is 350 g/mol. The van der Waals surface area contributed by atoms with Gasteiger partial charge in [-0.3, -0.25) is 0 Å². The highest BCUT2D eigenvalue weighted by molar-refractivity contribution is 5.68. The zero-order valence-corrected chi connectivity index (χ0v) is 15.2. The van der Waals surface area contributed by atoms with Crippen LogP contribution in [0, 0.1) is 0 Å². The summed E-state index contributed by atoms with van der Waals surface area (Å²) >= 11 is 0. The first-order valence-electron chi connectivity index (χ1n) is 9.27. The second-order valence-electron chi connectivity index (χ2n) is 6.83. The molecular formula is C26H22O. The van der Waals surface area contributed by atoms with Gasteiger partial charge in [0.2, 0.25) is 0 Å². The zero-order valence-electron chi connectivity index (χ0n) is 15.2. The van der Waals surface area contributed by atoms with Gasteiger partial charge in [0.1, 0.15) is 5.75 Å². The molecule has 0 atom stereocenters. The summed E-state index contributed by atoms with van der Waals surface area (Å²) in [4.78, 5) is 0. The molecule has 27 heavy (non-hydrogen) atoms. The highest BCUT2D eigenvalue weighted by Gasteiger charge is 2.12. The molecule has 0 saturated carbocycles. The van der Waals surface area contributed by atoms with E-state index < -0.39 is 0 Å². The first-order valence-corrected chi connectivity index (χ1v) is 9.27. The van der Waals surface area contributed by atoms with E-state index in [-0.39, 0.29) is 0 Å². The Hall–Kier alpha value is -3.32. The van der Waals surface area contributed by atoms with Crippen molar-refractivity contribution in [2.45, 2.75) is 12.8 Å². The van der Waals surface area contributed by atoms with Crippen LogP contribution in [-0.2, 0) is 12.8 Å². The van der Waals surface area contributed by atoms with Gasteiger partial charge in [-0.05, 0) is 45.5 Å². The summed E-state index contributed by atoms with van der Waals surface area (Å²) in [6.07, 6.45) is 1.43. The Labute approximate surface area is 160 Å². The number of hydrogen-bond acceptors (Lipinski definition) is 1. The number of hydrogen-bond donors (Lipinski definition) is 1. The largest absolute Gasteiger partial charge is 0.507 e. The van der Waals surface area contributed by atoms with Gasteiger partial charge in [-0.1, -0.05) is 91.0 Å². The van der Waals surface area contributed by atoms with Crippen molar-refractivity contribution in [1.82, 2.24) is 0 Å². The van der Waals surface area contributed by atoms with Crippen LogP contribution in [0.3, 0.4) is 0 Å². The molecule has 0 bridgehead atoms. The Morgan fingerprint density at radius 2 is 0.889 bits per heavy atom. The average Bonchev–Trinajstić information content (AvgIpc) is 2.73. The third-order valence-electron chi connectivity index (χ3n) is 4.85. The minimum atomic E-state index is 0.405. The zero-order chi connectivity index (χ0) is 18.5. The van der Waals surface area contributed by atoms with Crippen molar-refractivity contribution in [3.05, 3.63) is 125 Å². The van der Waals surface area contributed by atoms with Crippen molar-refractivity contribution >= 4 is 0 Å². The monoisotopic (exact) mass is 350 g/mol. The molecule has 0 amide bonds. The highest BCUT2D eigenvalue weighted by atomic mass is 16.3. The van der Waals surface area contributed by atoms with Crippen LogP contribution in [0.15, 0.2) is 103 Å². The lowest BCUT2D eigenvalue weighted by molar-refractivity contribution is 0.463. The van der Waals surface area contributed by atoms with Crippen LogP contribution in [0.25, 0.3) is 11.1 Å². The SMILES string of the molecule is Oc1c(Cc2ccccc2)cc(-c2ccccc2)cc1Cc1ccccc1. The molecule has 4 aromatic rings. The molecular weight excluding hydrogens is 328 g/mol. The van der Waals surface area contributed by atoms with Gasteiger partial charge in [-0.25, -0.2) is 0 Å². The summed E-state index contributed by atoms with van der Waals surface area (Å²) in [5.41, 5.74) is 6.64. The van der Waals surface area contributed by atoms with Gasteiger partial charge in [-0.2, -0.15) is 0 Å². The van der Waals surface area contributed by atoms with Crippen molar-refractivity contribution in [3.63, 3.8) is 0 Å². The van der Waals surface area contributed by atoms with Crippen molar-refractivity contribution in [2.24, 2.45) is 0 Å². The van der Waals surface area contributed by atoms with Crippen LogP contribution < -0.4 is 0 Å². The second kappa shape index (κ2) is 7.92. The minimum absolute atomic E-state index is 0.405. The van der Waals surface area contributed by atoms with Crippen LogP contribution in [0.2, 0.25) is 0 Å². The van der Waals surface area contributed by atoms with Gasteiger partial charge in [0.25, 0.3) is 0 Å². The lowest BCUT2D eigenvalue weighted by Gasteiger charge is -2.14. The molecule has 1 heteroatoms. The Bertz CT molecular complexity index is 943. The molecule has 132 valence electrons. The summed E-state index contributed by atoms with van der Waals surface area (Å²) in [6.45, 7) is 0. The molecule has 0 saturated heterocycles. The standard InChI is InChI=1S/C26H22O/c27-26-24(16-20-10-4-1-5-11-20)18-23(22-14-8-3-9-15-22)19-25(26)17-21-12-6-2-7-13-21/h1-15,18-19,27H,16-17H2. The quantitative estimate of drug-likeness (QED) is 0.451. The van der Waals surface area contributed by atoms with Gasteiger partial charge < -0.3 is 5.11 Å². The van der Waals surface area contributed by atoms with Crippen LogP contribution in [0.4, 0.5) is 0 Å². The minimum Gasteiger partial charge on any atom is -0.507 e. The van der Waals surface area contributed by atoms with Crippen LogP contribution in [0.5, 0.6) is 5.75 Å². The predicted molar refractivity (Wildman–Crippen MR) is 112 cm³/mol. The third-order valence-corrected chi connectivity index (χ3v) is 4.85. The maximum atomic E-state index is 11.0. The van der Waals surface area contributed by atoms with Gasteiger partial charge in [-0.15, -0.1) is 0 Å². The molecule has 0 fully saturated rings. The fourth-order valence-corrected chi connectivity index (χ4v) is 3.46. The van der Waals surface area contributed by atoms with E-state index in [9.17, 15) is 5.11 Å². The van der Waals surface area contributed by atoms with Crippen molar-refractivity contribution < 1.29 is 5.11 Å². The van der Waals surface area contributed by atoms with E-state index in [4.69, 9.17) is 0 Å². The molecule has 1 N–H and O–H groups in total. The lowest BCUT2D eigenvalue weighted by Crippen LogP contribution is -1.96.